The lowest BCUT2D eigenvalue weighted by atomic mass is 10.0. The third kappa shape index (κ3) is 1.77. The molecule has 1 aliphatic heterocycles. The van der Waals surface area contributed by atoms with Gasteiger partial charge in [-0.1, -0.05) is 15.9 Å². The molecular formula is C12H11BrFN3O. The van der Waals surface area contributed by atoms with Crippen molar-refractivity contribution in [3.05, 3.63) is 33.7 Å². The summed E-state index contributed by atoms with van der Waals surface area (Å²) in [6.07, 6.45) is 0.676. The van der Waals surface area contributed by atoms with Crippen molar-refractivity contribution in [3.63, 3.8) is 0 Å². The number of nitrogens with one attached hydrogen (secondary N) is 1. The van der Waals surface area contributed by atoms with Gasteiger partial charge in [-0.2, -0.15) is 0 Å². The first kappa shape index (κ1) is 11.8. The predicted molar refractivity (Wildman–Crippen MR) is 70.6 cm³/mol. The van der Waals surface area contributed by atoms with Gasteiger partial charge < -0.3 is 10.2 Å². The number of hydrogen-bond acceptors (Lipinski definition) is 4. The first-order chi connectivity index (χ1) is 8.70. The summed E-state index contributed by atoms with van der Waals surface area (Å²) < 4.78 is 20.0. The molecule has 2 heterocycles. The summed E-state index contributed by atoms with van der Waals surface area (Å²) in [6.45, 7) is 1.06. The smallest absolute Gasteiger partial charge is 0.150 e. The molecule has 1 aromatic heterocycles. The van der Waals surface area contributed by atoms with Crippen LogP contribution in [0.25, 0.3) is 10.9 Å². The van der Waals surface area contributed by atoms with E-state index in [1.165, 1.54) is 6.07 Å². The van der Waals surface area contributed by atoms with Crippen LogP contribution in [0, 0.1) is 5.82 Å². The normalized spacial score (nSPS) is 14.6. The van der Waals surface area contributed by atoms with Crippen molar-refractivity contribution in [3.8, 4) is 0 Å². The van der Waals surface area contributed by atoms with Crippen molar-refractivity contribution in [2.45, 2.75) is 13.0 Å². The lowest BCUT2D eigenvalue weighted by Crippen LogP contribution is -2.18. The van der Waals surface area contributed by atoms with Crippen LogP contribution >= 0.6 is 15.9 Å². The van der Waals surface area contributed by atoms with Gasteiger partial charge in [0.15, 0.2) is 5.82 Å². The van der Waals surface area contributed by atoms with Crippen LogP contribution in [0.3, 0.4) is 0 Å². The average Bonchev–Trinajstić information content (AvgIpc) is 2.36. The topological polar surface area (TPSA) is 60.2 Å². The van der Waals surface area contributed by atoms with Crippen molar-refractivity contribution in [2.75, 3.05) is 12.0 Å². The number of ether oxygens (including phenoxy) is 1. The van der Waals surface area contributed by atoms with Crippen molar-refractivity contribution in [1.82, 2.24) is 4.98 Å². The fourth-order valence-electron chi connectivity index (χ4n) is 2.25. The Morgan fingerprint density at radius 1 is 1.44 bits per heavy atom. The summed E-state index contributed by atoms with van der Waals surface area (Å²) in [5.41, 5.74) is 5.44. The van der Waals surface area contributed by atoms with Gasteiger partial charge in [-0.05, 0) is 12.1 Å². The minimum absolute atomic E-state index is 0.340. The van der Waals surface area contributed by atoms with E-state index in [0.29, 0.717) is 40.7 Å². The number of fused-ring (bicyclic) bond motifs is 2. The maximum atomic E-state index is 13.9. The highest BCUT2D eigenvalue weighted by atomic mass is 79.9. The molecule has 3 rings (SSSR count). The molecule has 0 atom stereocenters. The summed E-state index contributed by atoms with van der Waals surface area (Å²) in [5, 5.41) is 0.661. The van der Waals surface area contributed by atoms with E-state index in [4.69, 9.17) is 10.6 Å². The van der Waals surface area contributed by atoms with Gasteiger partial charge in [0.2, 0.25) is 0 Å². The second-order valence-corrected chi connectivity index (χ2v) is 5.06. The van der Waals surface area contributed by atoms with Crippen molar-refractivity contribution < 1.29 is 9.13 Å². The zero-order valence-electron chi connectivity index (χ0n) is 9.46. The summed E-state index contributed by atoms with van der Waals surface area (Å²) >= 11 is 3.28. The molecule has 0 radical (unpaired) electrons. The van der Waals surface area contributed by atoms with Crippen LogP contribution in [-0.4, -0.2) is 11.6 Å². The number of aromatic nitrogens is 1. The maximum Gasteiger partial charge on any atom is 0.150 e. The molecule has 0 bridgehead atoms. The molecule has 0 saturated heterocycles. The van der Waals surface area contributed by atoms with E-state index in [9.17, 15) is 4.39 Å². The monoisotopic (exact) mass is 311 g/mol. The minimum Gasteiger partial charge on any atom is -0.376 e. The Kier molecular flexibility index (Phi) is 2.93. The van der Waals surface area contributed by atoms with Gasteiger partial charge in [0.25, 0.3) is 0 Å². The molecule has 6 heteroatoms. The lowest BCUT2D eigenvalue weighted by Gasteiger charge is -2.20. The fraction of sp³-hybridized carbons (Fsp3) is 0.250. The summed E-state index contributed by atoms with van der Waals surface area (Å²) in [4.78, 5) is 4.39. The van der Waals surface area contributed by atoms with Gasteiger partial charge in [0, 0.05) is 21.8 Å². The quantitative estimate of drug-likeness (QED) is 0.627. The number of pyridine rings is 1. The molecule has 4 nitrogen and oxygen atoms in total. The molecule has 0 amide bonds. The molecule has 94 valence electrons. The molecule has 2 aromatic rings. The second kappa shape index (κ2) is 4.46. The highest BCUT2D eigenvalue weighted by Gasteiger charge is 2.20. The Morgan fingerprint density at radius 3 is 3.06 bits per heavy atom. The van der Waals surface area contributed by atoms with Crippen molar-refractivity contribution >= 4 is 32.5 Å². The maximum absolute atomic E-state index is 13.9. The minimum atomic E-state index is -0.356. The molecule has 18 heavy (non-hydrogen) atoms. The van der Waals surface area contributed by atoms with Gasteiger partial charge >= 0.3 is 0 Å². The molecule has 0 unspecified atom stereocenters. The number of halogens is 2. The van der Waals surface area contributed by atoms with Crippen LogP contribution < -0.4 is 11.3 Å². The standard InChI is InChI=1S/C12H11BrFN3O/c13-6-3-7-11(17-15)8-5-18-2-1-10(8)16-12(7)9(14)4-6/h3-4H,1-2,5,15H2,(H,16,17). The molecule has 1 aliphatic rings. The molecule has 0 saturated carbocycles. The van der Waals surface area contributed by atoms with Crippen LogP contribution in [0.5, 0.6) is 0 Å². The first-order valence-electron chi connectivity index (χ1n) is 5.55. The Hall–Kier alpha value is -1.24. The van der Waals surface area contributed by atoms with Gasteiger partial charge in [-0.15, -0.1) is 0 Å². The number of anilines is 1. The Labute approximate surface area is 111 Å². The van der Waals surface area contributed by atoms with Crippen LogP contribution in [0.4, 0.5) is 10.1 Å². The molecule has 0 aliphatic carbocycles. The van der Waals surface area contributed by atoms with Crippen LogP contribution in [-0.2, 0) is 17.8 Å². The second-order valence-electron chi connectivity index (χ2n) is 4.14. The fourth-order valence-corrected chi connectivity index (χ4v) is 2.68. The van der Waals surface area contributed by atoms with Crippen molar-refractivity contribution in [2.24, 2.45) is 5.84 Å². The number of nitrogens with zero attached hydrogens (tertiary/aromatic N) is 1. The van der Waals surface area contributed by atoms with E-state index >= 15 is 0 Å². The Balaban J connectivity index is 2.40. The van der Waals surface area contributed by atoms with E-state index in [-0.39, 0.29) is 5.82 Å². The number of hydrogen-bond donors (Lipinski definition) is 2. The largest absolute Gasteiger partial charge is 0.376 e. The third-order valence-electron chi connectivity index (χ3n) is 3.07. The first-order valence-corrected chi connectivity index (χ1v) is 6.35. The highest BCUT2D eigenvalue weighted by molar-refractivity contribution is 9.10. The highest BCUT2D eigenvalue weighted by Crippen LogP contribution is 2.33. The van der Waals surface area contributed by atoms with Crippen LogP contribution in [0.15, 0.2) is 16.6 Å². The van der Waals surface area contributed by atoms with E-state index < -0.39 is 0 Å². The SMILES string of the molecule is NNc1c2c(nc3c(F)cc(Br)cc13)CCOC2. The predicted octanol–water partition coefficient (Wildman–Crippen LogP) is 2.49. The molecule has 3 N–H and O–H groups in total. The molecule has 1 aromatic carbocycles. The van der Waals surface area contributed by atoms with Gasteiger partial charge in [0.05, 0.1) is 24.6 Å². The van der Waals surface area contributed by atoms with Gasteiger partial charge in [-0.25, -0.2) is 9.37 Å². The van der Waals surface area contributed by atoms with Crippen molar-refractivity contribution in [1.29, 1.82) is 0 Å². The molecular weight excluding hydrogens is 301 g/mol. The lowest BCUT2D eigenvalue weighted by molar-refractivity contribution is 0.110. The van der Waals surface area contributed by atoms with E-state index in [0.717, 1.165) is 11.3 Å². The van der Waals surface area contributed by atoms with E-state index in [2.05, 4.69) is 26.3 Å². The Bertz CT molecular complexity index is 632. The Morgan fingerprint density at radius 2 is 2.28 bits per heavy atom. The molecule has 0 fully saturated rings. The number of nitrogen functional groups attached to an aromatic ring is 1. The molecule has 0 spiro atoms. The summed E-state index contributed by atoms with van der Waals surface area (Å²) in [6, 6.07) is 3.21. The van der Waals surface area contributed by atoms with Crippen LogP contribution in [0.1, 0.15) is 11.3 Å². The zero-order valence-corrected chi connectivity index (χ0v) is 11.1. The number of rotatable bonds is 1. The number of nitrogens with two attached hydrogens (primary N) is 1. The average molecular weight is 312 g/mol. The number of benzene rings is 1. The summed E-state index contributed by atoms with van der Waals surface area (Å²) in [5.74, 6) is 5.21. The van der Waals surface area contributed by atoms with Gasteiger partial charge in [-0.3, -0.25) is 5.84 Å². The summed E-state index contributed by atoms with van der Waals surface area (Å²) in [7, 11) is 0. The van der Waals surface area contributed by atoms with Gasteiger partial charge in [0.1, 0.15) is 5.52 Å². The van der Waals surface area contributed by atoms with E-state index in [1.54, 1.807) is 6.07 Å². The van der Waals surface area contributed by atoms with Crippen LogP contribution in [0.2, 0.25) is 0 Å². The third-order valence-corrected chi connectivity index (χ3v) is 3.53. The zero-order chi connectivity index (χ0) is 12.7. The van der Waals surface area contributed by atoms with E-state index in [1.807, 2.05) is 0 Å². The number of hydrazine groups is 1.